The molecule has 102 valence electrons. The molecular formula is C13H18N4OS. The van der Waals surface area contributed by atoms with Crippen LogP contribution in [0.25, 0.3) is 0 Å². The Balaban J connectivity index is 1.87. The van der Waals surface area contributed by atoms with Crippen LogP contribution in [0.5, 0.6) is 0 Å². The first kappa shape index (κ1) is 12.6. The summed E-state index contributed by atoms with van der Waals surface area (Å²) < 4.78 is 2.16. The summed E-state index contributed by atoms with van der Waals surface area (Å²) in [5.41, 5.74) is 2.39. The molecule has 2 aromatic rings. The van der Waals surface area contributed by atoms with Gasteiger partial charge in [-0.25, -0.2) is 4.98 Å². The van der Waals surface area contributed by atoms with Gasteiger partial charge in [0.15, 0.2) is 0 Å². The monoisotopic (exact) mass is 278 g/mol. The minimum atomic E-state index is 0.00439. The number of rotatable bonds is 3. The predicted octanol–water partition coefficient (Wildman–Crippen LogP) is 1.32. The Morgan fingerprint density at radius 2 is 2.26 bits per heavy atom. The van der Waals surface area contributed by atoms with E-state index in [0.717, 1.165) is 31.6 Å². The predicted molar refractivity (Wildman–Crippen MR) is 75.7 cm³/mol. The lowest BCUT2D eigenvalue weighted by Gasteiger charge is -2.34. The molecule has 1 aliphatic rings. The van der Waals surface area contributed by atoms with Gasteiger partial charge >= 0.3 is 4.87 Å². The third-order valence-corrected chi connectivity index (χ3v) is 4.67. The van der Waals surface area contributed by atoms with Gasteiger partial charge in [0.1, 0.15) is 0 Å². The fourth-order valence-corrected chi connectivity index (χ4v) is 3.33. The van der Waals surface area contributed by atoms with Crippen LogP contribution in [0.1, 0.15) is 31.2 Å². The highest BCUT2D eigenvalue weighted by Crippen LogP contribution is 2.32. The highest BCUT2D eigenvalue weighted by Gasteiger charge is 2.31. The number of aromatic amines is 1. The second-order valence-electron chi connectivity index (χ2n) is 5.39. The highest BCUT2D eigenvalue weighted by molar-refractivity contribution is 7.07. The minimum Gasteiger partial charge on any atom is -0.328 e. The van der Waals surface area contributed by atoms with E-state index in [-0.39, 0.29) is 10.3 Å². The molecule has 1 aliphatic heterocycles. The van der Waals surface area contributed by atoms with Crippen molar-refractivity contribution < 1.29 is 0 Å². The average molecular weight is 278 g/mol. The Kier molecular flexibility index (Phi) is 3.28. The van der Waals surface area contributed by atoms with Gasteiger partial charge in [-0.15, -0.1) is 0 Å². The Labute approximate surface area is 115 Å². The first-order valence-electron chi connectivity index (χ1n) is 6.55. The van der Waals surface area contributed by atoms with E-state index in [2.05, 4.69) is 26.8 Å². The number of nitrogens with zero attached hydrogens (tertiary/aromatic N) is 2. The molecule has 6 heteroatoms. The smallest absolute Gasteiger partial charge is 0.304 e. The van der Waals surface area contributed by atoms with E-state index >= 15 is 0 Å². The molecule has 1 fully saturated rings. The van der Waals surface area contributed by atoms with Crippen molar-refractivity contribution in [3.8, 4) is 0 Å². The van der Waals surface area contributed by atoms with Gasteiger partial charge in [-0.2, -0.15) is 0 Å². The molecule has 2 aromatic heterocycles. The van der Waals surface area contributed by atoms with Gasteiger partial charge < -0.3 is 14.9 Å². The van der Waals surface area contributed by atoms with Crippen molar-refractivity contribution in [2.75, 3.05) is 13.1 Å². The van der Waals surface area contributed by atoms with Crippen molar-refractivity contribution in [3.63, 3.8) is 0 Å². The Hall–Kier alpha value is -1.40. The van der Waals surface area contributed by atoms with E-state index in [9.17, 15) is 4.79 Å². The summed E-state index contributed by atoms with van der Waals surface area (Å²) in [4.78, 5) is 18.4. The third-order valence-electron chi connectivity index (χ3n) is 3.95. The van der Waals surface area contributed by atoms with Crippen molar-refractivity contribution in [1.82, 2.24) is 19.9 Å². The molecule has 3 heterocycles. The van der Waals surface area contributed by atoms with Crippen LogP contribution in [-0.2, 0) is 12.0 Å². The lowest BCUT2D eigenvalue weighted by atomic mass is 9.78. The Morgan fingerprint density at radius 1 is 1.47 bits per heavy atom. The number of nitrogens with one attached hydrogen (secondary N) is 2. The maximum atomic E-state index is 11.2. The van der Waals surface area contributed by atoms with Crippen LogP contribution in [0.3, 0.4) is 0 Å². The normalized spacial score (nSPS) is 18.6. The van der Waals surface area contributed by atoms with Crippen molar-refractivity contribution >= 4 is 11.3 Å². The van der Waals surface area contributed by atoms with Crippen LogP contribution in [-0.4, -0.2) is 27.6 Å². The number of aromatic nitrogens is 3. The Bertz CT molecular complexity index is 606. The molecule has 0 bridgehead atoms. The van der Waals surface area contributed by atoms with E-state index in [1.54, 1.807) is 0 Å². The van der Waals surface area contributed by atoms with Gasteiger partial charge in [-0.1, -0.05) is 18.3 Å². The Morgan fingerprint density at radius 3 is 2.95 bits per heavy atom. The standard InChI is InChI=1S/C13H18N4OS/c1-13(2-4-14-5-3-13)11-6-15-9-17(11)7-10-8-19-12(18)16-10/h6,8-9,14H,2-5,7H2,1H3,(H,16,18). The quantitative estimate of drug-likeness (QED) is 0.890. The second-order valence-corrected chi connectivity index (χ2v) is 6.23. The molecule has 0 radical (unpaired) electrons. The molecule has 2 N–H and O–H groups in total. The van der Waals surface area contributed by atoms with Gasteiger partial charge in [-0.3, -0.25) is 4.79 Å². The zero-order valence-corrected chi connectivity index (χ0v) is 11.8. The lowest BCUT2D eigenvalue weighted by Crippen LogP contribution is -2.39. The molecule has 0 saturated carbocycles. The molecule has 0 aromatic carbocycles. The lowest BCUT2D eigenvalue weighted by molar-refractivity contribution is 0.318. The summed E-state index contributed by atoms with van der Waals surface area (Å²) in [7, 11) is 0. The number of imidazole rings is 1. The van der Waals surface area contributed by atoms with Gasteiger partial charge in [0, 0.05) is 28.4 Å². The van der Waals surface area contributed by atoms with Crippen LogP contribution < -0.4 is 10.2 Å². The third kappa shape index (κ3) is 2.50. The molecule has 1 saturated heterocycles. The van der Waals surface area contributed by atoms with Gasteiger partial charge in [0.2, 0.25) is 0 Å². The molecule has 0 atom stereocenters. The zero-order valence-electron chi connectivity index (χ0n) is 11.0. The second kappa shape index (κ2) is 4.94. The number of piperidine rings is 1. The minimum absolute atomic E-state index is 0.00439. The maximum Gasteiger partial charge on any atom is 0.304 e. The van der Waals surface area contributed by atoms with Gasteiger partial charge in [0.05, 0.1) is 12.9 Å². The average Bonchev–Trinajstić information content (AvgIpc) is 3.00. The number of hydrogen-bond donors (Lipinski definition) is 2. The van der Waals surface area contributed by atoms with E-state index in [1.807, 2.05) is 17.9 Å². The fourth-order valence-electron chi connectivity index (χ4n) is 2.76. The van der Waals surface area contributed by atoms with E-state index in [0.29, 0.717) is 6.54 Å². The molecule has 0 aliphatic carbocycles. The van der Waals surface area contributed by atoms with E-state index < -0.39 is 0 Å². The van der Waals surface area contributed by atoms with Crippen molar-refractivity contribution in [2.45, 2.75) is 31.7 Å². The van der Waals surface area contributed by atoms with Crippen LogP contribution in [0.2, 0.25) is 0 Å². The first-order chi connectivity index (χ1) is 9.17. The molecule has 0 amide bonds. The topological polar surface area (TPSA) is 62.7 Å². The summed E-state index contributed by atoms with van der Waals surface area (Å²) in [6.45, 7) is 5.10. The first-order valence-corrected chi connectivity index (χ1v) is 7.43. The summed E-state index contributed by atoms with van der Waals surface area (Å²) in [5, 5.41) is 5.28. The number of H-pyrrole nitrogens is 1. The van der Waals surface area contributed by atoms with Gasteiger partial charge in [0.25, 0.3) is 0 Å². The van der Waals surface area contributed by atoms with Crippen LogP contribution in [0.15, 0.2) is 22.7 Å². The van der Waals surface area contributed by atoms with E-state index in [1.165, 1.54) is 17.0 Å². The summed E-state index contributed by atoms with van der Waals surface area (Å²) in [6, 6.07) is 0. The summed E-state index contributed by atoms with van der Waals surface area (Å²) >= 11 is 1.21. The van der Waals surface area contributed by atoms with Crippen LogP contribution in [0, 0.1) is 0 Å². The molecule has 19 heavy (non-hydrogen) atoms. The number of hydrogen-bond acceptors (Lipinski definition) is 4. The summed E-state index contributed by atoms with van der Waals surface area (Å²) in [5.74, 6) is 0. The van der Waals surface area contributed by atoms with E-state index in [4.69, 9.17) is 0 Å². The van der Waals surface area contributed by atoms with Gasteiger partial charge in [-0.05, 0) is 25.9 Å². The SMILES string of the molecule is CC1(c2cncn2Cc2csc(=O)[nH]2)CCNCC1. The van der Waals surface area contributed by atoms with Crippen molar-refractivity contribution in [3.05, 3.63) is 39.0 Å². The fraction of sp³-hybridized carbons (Fsp3) is 0.538. The molecule has 3 rings (SSSR count). The molecule has 0 spiro atoms. The van der Waals surface area contributed by atoms with Crippen LogP contribution in [0.4, 0.5) is 0 Å². The maximum absolute atomic E-state index is 11.2. The largest absolute Gasteiger partial charge is 0.328 e. The summed E-state index contributed by atoms with van der Waals surface area (Å²) in [6.07, 6.45) is 6.08. The van der Waals surface area contributed by atoms with Crippen molar-refractivity contribution in [2.24, 2.45) is 0 Å². The molecule has 0 unspecified atom stereocenters. The number of thiazole rings is 1. The zero-order chi connectivity index (χ0) is 13.3. The highest BCUT2D eigenvalue weighted by atomic mass is 32.1. The van der Waals surface area contributed by atoms with Crippen molar-refractivity contribution in [1.29, 1.82) is 0 Å². The molecular weight excluding hydrogens is 260 g/mol. The molecule has 5 nitrogen and oxygen atoms in total. The van der Waals surface area contributed by atoms with Crippen LogP contribution >= 0.6 is 11.3 Å².